The minimum Gasteiger partial charge on any atom is -0.371 e. The maximum atomic E-state index is 12.8. The number of nitrogens with zero attached hydrogens (tertiary/aromatic N) is 3. The molecule has 0 radical (unpaired) electrons. The van der Waals surface area contributed by atoms with Crippen molar-refractivity contribution in [3.63, 3.8) is 0 Å². The third-order valence-corrected chi connectivity index (χ3v) is 7.80. The van der Waals surface area contributed by atoms with E-state index in [2.05, 4.69) is 27.3 Å². The van der Waals surface area contributed by atoms with Crippen molar-refractivity contribution in [3.05, 3.63) is 77.6 Å². The molecule has 33 heavy (non-hydrogen) atoms. The number of benzene rings is 2. The van der Waals surface area contributed by atoms with Crippen LogP contribution in [-0.2, 0) is 0 Å². The van der Waals surface area contributed by atoms with Crippen molar-refractivity contribution in [2.24, 2.45) is 5.92 Å². The van der Waals surface area contributed by atoms with E-state index in [1.54, 1.807) is 11.3 Å². The van der Waals surface area contributed by atoms with Crippen LogP contribution in [0.4, 0.5) is 5.69 Å². The predicted molar refractivity (Wildman–Crippen MR) is 136 cm³/mol. The normalized spacial score (nSPS) is 14.5. The van der Waals surface area contributed by atoms with Gasteiger partial charge in [0.05, 0.1) is 15.2 Å². The lowest BCUT2D eigenvalue weighted by Gasteiger charge is -2.33. The van der Waals surface area contributed by atoms with Crippen molar-refractivity contribution in [1.82, 2.24) is 15.3 Å². The zero-order chi connectivity index (χ0) is 22.6. The molecule has 1 aliphatic rings. The van der Waals surface area contributed by atoms with Gasteiger partial charge in [-0.1, -0.05) is 29.8 Å². The number of thiazole rings is 1. The maximum absolute atomic E-state index is 12.8. The Balaban J connectivity index is 1.15. The topological polar surface area (TPSA) is 58.1 Å². The summed E-state index contributed by atoms with van der Waals surface area (Å²) >= 11 is 7.85. The Morgan fingerprint density at radius 3 is 2.67 bits per heavy atom. The summed E-state index contributed by atoms with van der Waals surface area (Å²) < 4.78 is 0.971. The van der Waals surface area contributed by atoms with Crippen LogP contribution in [0.15, 0.2) is 67.0 Å². The molecule has 2 aromatic carbocycles. The smallest absolute Gasteiger partial charge is 0.251 e. The van der Waals surface area contributed by atoms with Crippen LogP contribution in [0, 0.1) is 5.92 Å². The fourth-order valence-electron chi connectivity index (χ4n) is 4.36. The van der Waals surface area contributed by atoms with Crippen LogP contribution in [-0.4, -0.2) is 35.5 Å². The predicted octanol–water partition coefficient (Wildman–Crippen LogP) is 6.05. The Labute approximate surface area is 202 Å². The number of carbonyl (C=O) groups excluding carboxylic acids is 1. The van der Waals surface area contributed by atoms with Crippen molar-refractivity contribution in [1.29, 1.82) is 0 Å². The van der Waals surface area contributed by atoms with Gasteiger partial charge in [0.1, 0.15) is 5.01 Å². The minimum atomic E-state index is -0.0368. The number of rotatable bonds is 6. The second kappa shape index (κ2) is 9.89. The first-order valence-corrected chi connectivity index (χ1v) is 12.5. The molecule has 0 atom stereocenters. The average Bonchev–Trinajstić information content (AvgIpc) is 3.31. The Morgan fingerprint density at radius 1 is 1.09 bits per heavy atom. The number of aromatic nitrogens is 2. The molecular weight excluding hydrogens is 452 g/mol. The lowest BCUT2D eigenvalue weighted by atomic mass is 9.93. The van der Waals surface area contributed by atoms with Crippen LogP contribution in [0.2, 0.25) is 5.02 Å². The second-order valence-corrected chi connectivity index (χ2v) is 9.77. The number of fused-ring (bicyclic) bond motifs is 1. The second-order valence-electron chi connectivity index (χ2n) is 8.37. The van der Waals surface area contributed by atoms with E-state index in [9.17, 15) is 4.79 Å². The number of anilines is 1. The van der Waals surface area contributed by atoms with E-state index < -0.39 is 0 Å². The van der Waals surface area contributed by atoms with Crippen LogP contribution in [0.1, 0.15) is 29.6 Å². The zero-order valence-electron chi connectivity index (χ0n) is 18.2. The molecule has 1 saturated heterocycles. The van der Waals surface area contributed by atoms with Gasteiger partial charge in [0.25, 0.3) is 5.91 Å². The number of piperidine rings is 1. The van der Waals surface area contributed by atoms with Gasteiger partial charge in [-0.15, -0.1) is 11.3 Å². The van der Waals surface area contributed by atoms with Crippen LogP contribution in [0.25, 0.3) is 20.8 Å². The quantitative estimate of drug-likeness (QED) is 0.368. The molecule has 0 bridgehead atoms. The van der Waals surface area contributed by atoms with E-state index in [4.69, 9.17) is 16.6 Å². The minimum absolute atomic E-state index is 0.0368. The van der Waals surface area contributed by atoms with Crippen molar-refractivity contribution in [2.75, 3.05) is 24.5 Å². The molecular formula is C26H25ClN4OS. The highest BCUT2D eigenvalue weighted by atomic mass is 35.5. The van der Waals surface area contributed by atoms with Gasteiger partial charge < -0.3 is 10.2 Å². The van der Waals surface area contributed by atoms with Crippen molar-refractivity contribution in [3.8, 4) is 10.6 Å². The lowest BCUT2D eigenvalue weighted by molar-refractivity contribution is 0.0950. The van der Waals surface area contributed by atoms with E-state index in [-0.39, 0.29) is 5.91 Å². The number of carbonyl (C=O) groups is 1. The third kappa shape index (κ3) is 5.02. The summed E-state index contributed by atoms with van der Waals surface area (Å²) in [7, 11) is 0. The molecule has 7 heteroatoms. The number of hydrogen-bond donors (Lipinski definition) is 1. The Morgan fingerprint density at radius 2 is 1.88 bits per heavy atom. The molecule has 4 aromatic rings. The molecule has 2 aromatic heterocycles. The number of amides is 1. The first kappa shape index (κ1) is 21.9. The summed E-state index contributed by atoms with van der Waals surface area (Å²) in [5.41, 5.74) is 3.72. The molecule has 1 N–H and O–H groups in total. The Kier molecular flexibility index (Phi) is 6.55. The van der Waals surface area contributed by atoms with Gasteiger partial charge in [-0.05, 0) is 61.6 Å². The molecule has 1 amide bonds. The van der Waals surface area contributed by atoms with E-state index in [1.807, 2.05) is 54.9 Å². The average molecular weight is 477 g/mol. The molecule has 168 valence electrons. The highest BCUT2D eigenvalue weighted by Gasteiger charge is 2.19. The highest BCUT2D eigenvalue weighted by molar-refractivity contribution is 7.22. The van der Waals surface area contributed by atoms with E-state index in [0.29, 0.717) is 23.0 Å². The summed E-state index contributed by atoms with van der Waals surface area (Å²) in [6, 6.07) is 17.5. The molecule has 5 nitrogen and oxygen atoms in total. The maximum Gasteiger partial charge on any atom is 0.251 e. The number of nitrogens with one attached hydrogen (secondary N) is 1. The third-order valence-electron chi connectivity index (χ3n) is 6.22. The van der Waals surface area contributed by atoms with Gasteiger partial charge in [-0.25, -0.2) is 4.98 Å². The summed E-state index contributed by atoms with van der Waals surface area (Å²) in [5, 5.41) is 4.68. The van der Waals surface area contributed by atoms with Crippen LogP contribution >= 0.6 is 22.9 Å². The number of pyridine rings is 1. The first-order valence-electron chi connectivity index (χ1n) is 11.3. The first-order chi connectivity index (χ1) is 16.2. The standard InChI is InChI=1S/C26H25ClN4OS/c27-22-5-2-6-23-24(22)33-26(30-23)20-4-1-3-19(17-20)25(32)29-14-7-18-10-15-31(16-11-18)21-8-12-28-13-9-21/h1-6,8-9,12-13,17-18H,7,10-11,14-16H2,(H,29,32). The zero-order valence-corrected chi connectivity index (χ0v) is 19.8. The van der Waals surface area contributed by atoms with Gasteiger partial charge in [-0.2, -0.15) is 0 Å². The van der Waals surface area contributed by atoms with Crippen molar-refractivity contribution < 1.29 is 4.79 Å². The summed E-state index contributed by atoms with van der Waals surface area (Å²) in [6.45, 7) is 2.80. The number of halogens is 1. The van der Waals surface area contributed by atoms with Gasteiger partial charge in [0, 0.05) is 48.8 Å². The van der Waals surface area contributed by atoms with Crippen LogP contribution < -0.4 is 10.2 Å². The molecule has 5 rings (SSSR count). The Hall–Kier alpha value is -2.96. The molecule has 1 aliphatic heterocycles. The molecule has 3 heterocycles. The fourth-order valence-corrected chi connectivity index (χ4v) is 5.61. The van der Waals surface area contributed by atoms with Gasteiger partial charge in [0.15, 0.2) is 0 Å². The van der Waals surface area contributed by atoms with E-state index in [1.165, 1.54) is 5.69 Å². The van der Waals surface area contributed by atoms with Crippen LogP contribution in [0.5, 0.6) is 0 Å². The number of hydrogen-bond acceptors (Lipinski definition) is 5. The Bertz CT molecular complexity index is 1250. The monoisotopic (exact) mass is 476 g/mol. The lowest BCUT2D eigenvalue weighted by Crippen LogP contribution is -2.35. The molecule has 0 spiro atoms. The van der Waals surface area contributed by atoms with Gasteiger partial charge in [0.2, 0.25) is 0 Å². The van der Waals surface area contributed by atoms with E-state index in [0.717, 1.165) is 53.1 Å². The molecule has 0 unspecified atom stereocenters. The van der Waals surface area contributed by atoms with E-state index >= 15 is 0 Å². The fraction of sp³-hybridized carbons (Fsp3) is 0.269. The largest absolute Gasteiger partial charge is 0.371 e. The summed E-state index contributed by atoms with van der Waals surface area (Å²) in [5.74, 6) is 0.604. The molecule has 1 fully saturated rings. The molecule has 0 aliphatic carbocycles. The summed E-state index contributed by atoms with van der Waals surface area (Å²) in [6.07, 6.45) is 6.99. The summed E-state index contributed by atoms with van der Waals surface area (Å²) in [4.78, 5) is 24.0. The van der Waals surface area contributed by atoms with Crippen molar-refractivity contribution >= 4 is 44.7 Å². The molecule has 0 saturated carbocycles. The van der Waals surface area contributed by atoms with Gasteiger partial charge in [-0.3, -0.25) is 9.78 Å². The van der Waals surface area contributed by atoms with Crippen molar-refractivity contribution in [2.45, 2.75) is 19.3 Å². The van der Waals surface area contributed by atoms with Gasteiger partial charge >= 0.3 is 0 Å². The van der Waals surface area contributed by atoms with Crippen LogP contribution in [0.3, 0.4) is 0 Å². The highest BCUT2D eigenvalue weighted by Crippen LogP contribution is 2.34. The SMILES string of the molecule is O=C(NCCC1CCN(c2ccncc2)CC1)c1cccc(-c2nc3cccc(Cl)c3s2)c1.